The second-order valence-corrected chi connectivity index (χ2v) is 7.81. The number of nitrogens with one attached hydrogen (secondary N) is 1. The molecule has 0 amide bonds. The summed E-state index contributed by atoms with van der Waals surface area (Å²) >= 11 is 1.25. The van der Waals surface area contributed by atoms with Gasteiger partial charge in [-0.25, -0.2) is 9.47 Å². The molecule has 1 N–H and O–H groups in total. The molecule has 5 rings (SSSR count). The predicted molar refractivity (Wildman–Crippen MR) is 120 cm³/mol. The molecule has 0 bridgehead atoms. The summed E-state index contributed by atoms with van der Waals surface area (Å²) in [5.41, 5.74) is 6.50. The fourth-order valence-corrected chi connectivity index (χ4v) is 4.15. The number of nitrogens with zero attached hydrogens (tertiary/aromatic N) is 4. The quantitative estimate of drug-likeness (QED) is 0.464. The van der Waals surface area contributed by atoms with Crippen LogP contribution in [0.5, 0.6) is 0 Å². The molecule has 8 heteroatoms. The number of anilines is 1. The molecule has 0 radical (unpaired) electrons. The van der Waals surface area contributed by atoms with Gasteiger partial charge in [0, 0.05) is 11.1 Å². The van der Waals surface area contributed by atoms with E-state index in [1.165, 1.54) is 11.8 Å². The smallest absolute Gasteiger partial charge is 0.316 e. The Morgan fingerprint density at radius 2 is 1.42 bits per heavy atom. The molecule has 0 aliphatic carbocycles. The molecule has 1 aliphatic rings. The van der Waals surface area contributed by atoms with Crippen molar-refractivity contribution in [2.24, 2.45) is 5.16 Å². The number of carbonyl (C=O) groups is 1. The summed E-state index contributed by atoms with van der Waals surface area (Å²) in [6, 6.07) is 29.0. The number of benzene rings is 3. The zero-order valence-electron chi connectivity index (χ0n) is 16.3. The Labute approximate surface area is 182 Å². The fourth-order valence-electron chi connectivity index (χ4n) is 3.19. The molecule has 3 aromatic carbocycles. The third-order valence-corrected chi connectivity index (χ3v) is 5.80. The van der Waals surface area contributed by atoms with E-state index in [9.17, 15) is 4.79 Å². The van der Waals surface area contributed by atoms with Crippen LogP contribution in [0.15, 0.2) is 101 Å². The highest BCUT2D eigenvalue weighted by molar-refractivity contribution is 8.01. The molecule has 4 aromatic rings. The molecule has 1 aromatic heterocycles. The van der Waals surface area contributed by atoms with Gasteiger partial charge in [0.15, 0.2) is 11.1 Å². The number of thioether (sulfide) groups is 1. The lowest BCUT2D eigenvalue weighted by molar-refractivity contribution is -0.139. The van der Waals surface area contributed by atoms with Gasteiger partial charge in [0.05, 0.1) is 5.69 Å². The van der Waals surface area contributed by atoms with Crippen molar-refractivity contribution in [1.29, 1.82) is 0 Å². The van der Waals surface area contributed by atoms with Crippen molar-refractivity contribution in [3.8, 4) is 11.4 Å². The Bertz CT molecular complexity index is 1230. The maximum atomic E-state index is 12.5. The van der Waals surface area contributed by atoms with Crippen LogP contribution in [0.4, 0.5) is 5.69 Å². The van der Waals surface area contributed by atoms with Crippen molar-refractivity contribution < 1.29 is 9.63 Å². The molecule has 152 valence electrons. The Morgan fingerprint density at radius 1 is 0.806 bits per heavy atom. The van der Waals surface area contributed by atoms with Crippen LogP contribution in [0.25, 0.3) is 11.4 Å². The van der Waals surface area contributed by atoms with Crippen LogP contribution in [-0.2, 0) is 9.63 Å². The monoisotopic (exact) mass is 427 g/mol. The van der Waals surface area contributed by atoms with Crippen molar-refractivity contribution in [3.63, 3.8) is 0 Å². The molecule has 0 spiro atoms. The number of hydrogen-bond donors (Lipinski definition) is 1. The van der Waals surface area contributed by atoms with Gasteiger partial charge in [-0.2, -0.15) is 0 Å². The van der Waals surface area contributed by atoms with Gasteiger partial charge in [0.1, 0.15) is 5.71 Å². The first-order valence-electron chi connectivity index (χ1n) is 9.63. The third-order valence-electron chi connectivity index (χ3n) is 4.67. The topological polar surface area (TPSA) is 81.4 Å². The van der Waals surface area contributed by atoms with Crippen molar-refractivity contribution in [1.82, 2.24) is 14.9 Å². The van der Waals surface area contributed by atoms with Crippen molar-refractivity contribution in [2.45, 2.75) is 10.4 Å². The summed E-state index contributed by atoms with van der Waals surface area (Å²) < 4.78 is 1.78. The van der Waals surface area contributed by atoms with Crippen LogP contribution in [0.3, 0.4) is 0 Å². The van der Waals surface area contributed by atoms with E-state index < -0.39 is 11.2 Å². The molecule has 0 fully saturated rings. The summed E-state index contributed by atoms with van der Waals surface area (Å²) in [7, 11) is 0. The van der Waals surface area contributed by atoms with E-state index in [0.29, 0.717) is 16.7 Å². The van der Waals surface area contributed by atoms with Crippen LogP contribution in [-0.4, -0.2) is 31.8 Å². The number of hydrogen-bond acceptors (Lipinski definition) is 7. The average Bonchev–Trinajstić information content (AvgIpc) is 3.39. The number of rotatable bonds is 6. The maximum Gasteiger partial charge on any atom is 0.354 e. The Kier molecular flexibility index (Phi) is 5.20. The standard InChI is InChI=1S/C23H17N5O2S/c29-22-20(19(27-30-22)16-10-4-1-5-11-16)31-23-25-24-21(17-12-6-2-7-13-17)28(23)26-18-14-8-3-9-15-18/h1-15,20,26H. The number of para-hydroxylation sites is 1. The van der Waals surface area contributed by atoms with E-state index in [0.717, 1.165) is 16.8 Å². The zero-order valence-corrected chi connectivity index (χ0v) is 17.1. The first-order chi connectivity index (χ1) is 15.3. The molecule has 31 heavy (non-hydrogen) atoms. The molecule has 0 saturated heterocycles. The van der Waals surface area contributed by atoms with Gasteiger partial charge in [-0.15, -0.1) is 10.2 Å². The second kappa shape index (κ2) is 8.45. The van der Waals surface area contributed by atoms with Gasteiger partial charge in [-0.05, 0) is 12.1 Å². The van der Waals surface area contributed by atoms with E-state index in [2.05, 4.69) is 20.8 Å². The summed E-state index contributed by atoms with van der Waals surface area (Å²) in [5, 5.41) is 12.6. The predicted octanol–water partition coefficient (Wildman–Crippen LogP) is 4.24. The lowest BCUT2D eigenvalue weighted by Crippen LogP contribution is -2.23. The maximum absolute atomic E-state index is 12.5. The summed E-state index contributed by atoms with van der Waals surface area (Å²) in [6.45, 7) is 0. The van der Waals surface area contributed by atoms with Crippen molar-refractivity contribution >= 4 is 29.1 Å². The summed E-state index contributed by atoms with van der Waals surface area (Å²) in [6.07, 6.45) is 0. The fraction of sp³-hybridized carbons (Fsp3) is 0.0435. The molecule has 1 aliphatic heterocycles. The minimum Gasteiger partial charge on any atom is -0.316 e. The van der Waals surface area contributed by atoms with Crippen LogP contribution < -0.4 is 5.43 Å². The largest absolute Gasteiger partial charge is 0.354 e. The minimum atomic E-state index is -0.647. The Balaban J connectivity index is 1.52. The third kappa shape index (κ3) is 3.93. The van der Waals surface area contributed by atoms with Gasteiger partial charge in [-0.3, -0.25) is 5.43 Å². The van der Waals surface area contributed by atoms with Gasteiger partial charge >= 0.3 is 5.97 Å². The average molecular weight is 427 g/mol. The molecule has 2 heterocycles. The van der Waals surface area contributed by atoms with Crippen molar-refractivity contribution in [2.75, 3.05) is 5.43 Å². The Hall–Kier alpha value is -3.91. The van der Waals surface area contributed by atoms with E-state index in [1.807, 2.05) is 91.0 Å². The molecule has 1 unspecified atom stereocenters. The second-order valence-electron chi connectivity index (χ2n) is 6.74. The van der Waals surface area contributed by atoms with Crippen molar-refractivity contribution in [3.05, 3.63) is 96.6 Å². The first kappa shape index (κ1) is 19.1. The normalized spacial score (nSPS) is 15.4. The number of oxime groups is 1. The van der Waals surface area contributed by atoms with E-state index in [4.69, 9.17) is 4.84 Å². The highest BCUT2D eigenvalue weighted by Crippen LogP contribution is 2.32. The summed E-state index contributed by atoms with van der Waals surface area (Å²) in [5.74, 6) is 0.205. The van der Waals surface area contributed by atoms with Gasteiger partial charge in [-0.1, -0.05) is 95.8 Å². The van der Waals surface area contributed by atoms with E-state index in [1.54, 1.807) is 4.68 Å². The molecule has 0 saturated carbocycles. The highest BCUT2D eigenvalue weighted by atomic mass is 32.2. The van der Waals surface area contributed by atoms with Crippen LogP contribution in [0, 0.1) is 0 Å². The molecular weight excluding hydrogens is 410 g/mol. The van der Waals surface area contributed by atoms with Crippen LogP contribution in [0.2, 0.25) is 0 Å². The molecule has 7 nitrogen and oxygen atoms in total. The number of aromatic nitrogens is 3. The Morgan fingerprint density at radius 3 is 2.10 bits per heavy atom. The van der Waals surface area contributed by atoms with Crippen LogP contribution in [0.1, 0.15) is 5.56 Å². The highest BCUT2D eigenvalue weighted by Gasteiger charge is 2.36. The first-order valence-corrected chi connectivity index (χ1v) is 10.5. The van der Waals surface area contributed by atoms with Gasteiger partial charge in [0.2, 0.25) is 5.16 Å². The van der Waals surface area contributed by atoms with Gasteiger partial charge < -0.3 is 4.84 Å². The molecule has 1 atom stereocenters. The summed E-state index contributed by atoms with van der Waals surface area (Å²) in [4.78, 5) is 17.5. The molecular formula is C23H17N5O2S. The van der Waals surface area contributed by atoms with E-state index >= 15 is 0 Å². The van der Waals surface area contributed by atoms with E-state index in [-0.39, 0.29) is 0 Å². The SMILES string of the molecule is O=C1ON=C(c2ccccc2)C1Sc1nnc(-c2ccccc2)n1Nc1ccccc1. The van der Waals surface area contributed by atoms with Crippen LogP contribution >= 0.6 is 11.8 Å². The minimum absolute atomic E-state index is 0.431. The zero-order chi connectivity index (χ0) is 21.0. The lowest BCUT2D eigenvalue weighted by atomic mass is 10.1. The number of carbonyl (C=O) groups excluding carboxylic acids is 1. The lowest BCUT2D eigenvalue weighted by Gasteiger charge is -2.14. The van der Waals surface area contributed by atoms with Gasteiger partial charge in [0.25, 0.3) is 0 Å².